The third kappa shape index (κ3) is 3.54. The number of hydrogen-bond donors (Lipinski definition) is 1. The molecule has 7 nitrogen and oxygen atoms in total. The van der Waals surface area contributed by atoms with E-state index in [0.717, 1.165) is 0 Å². The summed E-state index contributed by atoms with van der Waals surface area (Å²) in [7, 11) is 0. The van der Waals surface area contributed by atoms with E-state index in [9.17, 15) is 9.59 Å². The first-order valence-corrected chi connectivity index (χ1v) is 9.38. The Morgan fingerprint density at radius 1 is 1.26 bits per heavy atom. The molecule has 1 spiro atoms. The number of hydrogen-bond acceptors (Lipinski definition) is 4. The molecule has 0 bridgehead atoms. The minimum absolute atomic E-state index is 0.0544. The van der Waals surface area contributed by atoms with Gasteiger partial charge >= 0.3 is 6.09 Å². The Hall–Kier alpha value is -2.83. The van der Waals surface area contributed by atoms with Crippen molar-refractivity contribution in [1.82, 2.24) is 20.0 Å². The quantitative estimate of drug-likeness (QED) is 0.900. The summed E-state index contributed by atoms with van der Waals surface area (Å²) in [5, 5.41) is 6.54. The van der Waals surface area contributed by atoms with E-state index in [1.54, 1.807) is 17.2 Å². The van der Waals surface area contributed by atoms with Crippen LogP contribution in [0.25, 0.3) is 0 Å². The summed E-state index contributed by atoms with van der Waals surface area (Å²) in [6, 6.07) is 11.9. The number of carbonyl (C=O) groups excluding carboxylic acids is 2. The van der Waals surface area contributed by atoms with Crippen molar-refractivity contribution in [1.29, 1.82) is 0 Å². The van der Waals surface area contributed by atoms with E-state index in [0.29, 0.717) is 44.7 Å². The highest BCUT2D eigenvalue weighted by molar-refractivity contribution is 5.92. The summed E-state index contributed by atoms with van der Waals surface area (Å²) >= 11 is 0. The normalized spacial score (nSPS) is 20.0. The monoisotopic (exact) mass is 368 g/mol. The number of nitrogens with one attached hydrogen (secondary N) is 1. The molecule has 2 aliphatic rings. The molecule has 1 unspecified atom stereocenters. The van der Waals surface area contributed by atoms with Crippen LogP contribution in [0.1, 0.15) is 41.7 Å². The van der Waals surface area contributed by atoms with Crippen molar-refractivity contribution in [3.05, 3.63) is 53.9 Å². The van der Waals surface area contributed by atoms with Crippen LogP contribution in [0.2, 0.25) is 0 Å². The predicted molar refractivity (Wildman–Crippen MR) is 99.4 cm³/mol. The molecule has 2 fully saturated rings. The molecule has 1 atom stereocenters. The van der Waals surface area contributed by atoms with E-state index in [-0.39, 0.29) is 17.9 Å². The maximum absolute atomic E-state index is 12.4. The Kier molecular flexibility index (Phi) is 4.59. The molecular weight excluding hydrogens is 344 g/mol. The highest BCUT2D eigenvalue weighted by Gasteiger charge is 2.47. The van der Waals surface area contributed by atoms with Crippen LogP contribution in [0.3, 0.4) is 0 Å². The van der Waals surface area contributed by atoms with Gasteiger partial charge in [-0.05, 0) is 17.5 Å². The van der Waals surface area contributed by atoms with Crippen LogP contribution in [0.4, 0.5) is 4.79 Å². The second kappa shape index (κ2) is 7.06. The van der Waals surface area contributed by atoms with Crippen molar-refractivity contribution in [2.45, 2.75) is 31.3 Å². The lowest BCUT2D eigenvalue weighted by atomic mass is 9.90. The van der Waals surface area contributed by atoms with Crippen molar-refractivity contribution in [3.63, 3.8) is 0 Å². The number of amides is 2. The van der Waals surface area contributed by atoms with Crippen molar-refractivity contribution >= 4 is 12.0 Å². The van der Waals surface area contributed by atoms with Gasteiger partial charge in [-0.1, -0.05) is 37.3 Å². The third-order valence-electron chi connectivity index (χ3n) is 5.60. The Balaban J connectivity index is 1.36. The van der Waals surface area contributed by atoms with Crippen molar-refractivity contribution < 1.29 is 14.3 Å². The standard InChI is InChI=1S/C20H24N4O3/c1-15(16-5-3-2-4-6-16)13-24-14-20(27-19(24)26)8-11-23(12-9-20)18(25)17-7-10-21-22-17/h2-7,10,15H,8-9,11-14H2,1H3,(H,21,22). The van der Waals surface area contributed by atoms with Crippen LogP contribution in [-0.4, -0.2) is 63.8 Å². The average molecular weight is 368 g/mol. The fourth-order valence-corrected chi connectivity index (χ4v) is 3.97. The molecule has 2 saturated heterocycles. The summed E-state index contributed by atoms with van der Waals surface area (Å²) in [6.45, 7) is 4.51. The van der Waals surface area contributed by atoms with Gasteiger partial charge in [0, 0.05) is 38.7 Å². The van der Waals surface area contributed by atoms with Crippen LogP contribution in [-0.2, 0) is 4.74 Å². The summed E-state index contributed by atoms with van der Waals surface area (Å²) in [5.41, 5.74) is 1.23. The molecule has 2 aliphatic heterocycles. The molecule has 27 heavy (non-hydrogen) atoms. The van der Waals surface area contributed by atoms with Crippen LogP contribution in [0, 0.1) is 0 Å². The predicted octanol–water partition coefficient (Wildman–Crippen LogP) is 2.64. The van der Waals surface area contributed by atoms with Crippen molar-refractivity contribution in [2.75, 3.05) is 26.2 Å². The first-order chi connectivity index (χ1) is 13.1. The number of carbonyl (C=O) groups is 2. The maximum atomic E-state index is 12.4. The second-order valence-electron chi connectivity index (χ2n) is 7.51. The number of aromatic amines is 1. The molecule has 1 aromatic heterocycles. The molecule has 142 valence electrons. The molecule has 0 radical (unpaired) electrons. The van der Waals surface area contributed by atoms with Gasteiger partial charge in [0.2, 0.25) is 0 Å². The Bertz CT molecular complexity index is 798. The molecule has 1 aromatic carbocycles. The first-order valence-electron chi connectivity index (χ1n) is 9.38. The lowest BCUT2D eigenvalue weighted by molar-refractivity contribution is 0.00296. The zero-order chi connectivity index (χ0) is 18.9. The van der Waals surface area contributed by atoms with E-state index in [2.05, 4.69) is 29.3 Å². The topological polar surface area (TPSA) is 78.5 Å². The minimum atomic E-state index is -0.474. The van der Waals surface area contributed by atoms with Gasteiger partial charge in [-0.25, -0.2) is 4.79 Å². The number of likely N-dealkylation sites (tertiary alicyclic amines) is 1. The number of nitrogens with zero attached hydrogens (tertiary/aromatic N) is 3. The molecule has 0 aliphatic carbocycles. The average Bonchev–Trinajstić information content (AvgIpc) is 3.32. The Labute approximate surface area is 158 Å². The molecular formula is C20H24N4O3. The van der Waals surface area contributed by atoms with E-state index < -0.39 is 5.60 Å². The largest absolute Gasteiger partial charge is 0.441 e. The van der Waals surface area contributed by atoms with Crippen LogP contribution >= 0.6 is 0 Å². The lowest BCUT2D eigenvalue weighted by Crippen LogP contribution is -2.49. The van der Waals surface area contributed by atoms with E-state index in [1.807, 2.05) is 23.1 Å². The minimum Gasteiger partial charge on any atom is -0.441 e. The Morgan fingerprint density at radius 2 is 2.00 bits per heavy atom. The summed E-state index contributed by atoms with van der Waals surface area (Å²) in [4.78, 5) is 28.5. The highest BCUT2D eigenvalue weighted by Crippen LogP contribution is 2.34. The van der Waals surface area contributed by atoms with Crippen LogP contribution in [0.5, 0.6) is 0 Å². The van der Waals surface area contributed by atoms with Crippen molar-refractivity contribution in [2.24, 2.45) is 0 Å². The van der Waals surface area contributed by atoms with E-state index in [1.165, 1.54) is 5.56 Å². The molecule has 3 heterocycles. The number of piperidine rings is 1. The zero-order valence-electron chi connectivity index (χ0n) is 15.4. The molecule has 2 amide bonds. The van der Waals surface area contributed by atoms with Gasteiger partial charge in [0.25, 0.3) is 5.91 Å². The van der Waals surface area contributed by atoms with Gasteiger partial charge in [0.05, 0.1) is 6.54 Å². The lowest BCUT2D eigenvalue weighted by Gasteiger charge is -2.37. The number of H-pyrrole nitrogens is 1. The molecule has 1 N–H and O–H groups in total. The van der Waals surface area contributed by atoms with Crippen molar-refractivity contribution in [3.8, 4) is 0 Å². The summed E-state index contributed by atoms with van der Waals surface area (Å²) in [6.07, 6.45) is 2.65. The Morgan fingerprint density at radius 3 is 2.67 bits per heavy atom. The first kappa shape index (κ1) is 17.6. The van der Waals surface area contributed by atoms with Gasteiger partial charge < -0.3 is 14.5 Å². The molecule has 2 aromatic rings. The van der Waals surface area contributed by atoms with Gasteiger partial charge in [0.1, 0.15) is 11.3 Å². The smallest absolute Gasteiger partial charge is 0.410 e. The fraction of sp³-hybridized carbons (Fsp3) is 0.450. The van der Waals surface area contributed by atoms with E-state index >= 15 is 0 Å². The third-order valence-corrected chi connectivity index (χ3v) is 5.60. The summed E-state index contributed by atoms with van der Waals surface area (Å²) < 4.78 is 5.79. The molecule has 7 heteroatoms. The van der Waals surface area contributed by atoms with E-state index in [4.69, 9.17) is 4.74 Å². The van der Waals surface area contributed by atoms with Crippen LogP contribution < -0.4 is 0 Å². The summed E-state index contributed by atoms with van der Waals surface area (Å²) in [5.74, 6) is 0.192. The van der Waals surface area contributed by atoms with Gasteiger partial charge in [-0.15, -0.1) is 0 Å². The molecule has 0 saturated carbocycles. The number of rotatable bonds is 4. The number of aromatic nitrogens is 2. The zero-order valence-corrected chi connectivity index (χ0v) is 15.4. The highest BCUT2D eigenvalue weighted by atomic mass is 16.6. The van der Waals surface area contributed by atoms with Gasteiger partial charge in [-0.2, -0.15) is 5.10 Å². The number of benzene rings is 1. The fourth-order valence-electron chi connectivity index (χ4n) is 3.97. The van der Waals surface area contributed by atoms with Gasteiger partial charge in [0.15, 0.2) is 0 Å². The maximum Gasteiger partial charge on any atom is 0.410 e. The molecule has 4 rings (SSSR count). The SMILES string of the molecule is CC(CN1CC2(CCN(C(=O)c3ccn[nH]3)CC2)OC1=O)c1ccccc1. The number of ether oxygens (including phenoxy) is 1. The second-order valence-corrected chi connectivity index (χ2v) is 7.51. The van der Waals surface area contributed by atoms with Crippen LogP contribution in [0.15, 0.2) is 42.6 Å². The van der Waals surface area contributed by atoms with Gasteiger partial charge in [-0.3, -0.25) is 9.89 Å².